The van der Waals surface area contributed by atoms with Gasteiger partial charge in [0.2, 0.25) is 5.91 Å². The third kappa shape index (κ3) is 2.99. The van der Waals surface area contributed by atoms with Gasteiger partial charge in [-0.3, -0.25) is 15.0 Å². The molecule has 1 aromatic rings. The summed E-state index contributed by atoms with van der Waals surface area (Å²) in [4.78, 5) is 36.0. The van der Waals surface area contributed by atoms with E-state index in [4.69, 9.17) is 10.8 Å². The van der Waals surface area contributed by atoms with Crippen molar-refractivity contribution in [2.75, 3.05) is 5.32 Å². The van der Waals surface area contributed by atoms with E-state index in [1.165, 1.54) is 0 Å². The van der Waals surface area contributed by atoms with Gasteiger partial charge >= 0.3 is 12.2 Å². The maximum absolute atomic E-state index is 12.3. The summed E-state index contributed by atoms with van der Waals surface area (Å²) in [5.41, 5.74) is 5.23. The average molecular weight is 335 g/mol. The lowest BCUT2D eigenvalue weighted by molar-refractivity contribution is -0.131. The second kappa shape index (κ2) is 5.70. The molecule has 8 nitrogen and oxygen atoms in total. The Kier molecular flexibility index (Phi) is 4.18. The normalized spacial score (nSPS) is 19.5. The molecule has 0 spiro atoms. The Balaban J connectivity index is 2.49. The molecule has 2 rings (SSSR count). The highest BCUT2D eigenvalue weighted by molar-refractivity contribution is 5.91. The van der Waals surface area contributed by atoms with Crippen molar-refractivity contribution in [3.05, 3.63) is 29.3 Å². The molecule has 1 atom stereocenters. The summed E-state index contributed by atoms with van der Waals surface area (Å²) < 4.78 is 0. The van der Waals surface area contributed by atoms with Crippen LogP contribution in [0.4, 0.5) is 15.3 Å². The first kappa shape index (κ1) is 17.6. The van der Waals surface area contributed by atoms with Gasteiger partial charge in [-0.15, -0.1) is 0 Å². The minimum absolute atomic E-state index is 0.108. The lowest BCUT2D eigenvalue weighted by Crippen LogP contribution is -2.65. The number of nitrogens with two attached hydrogens (primary N) is 1. The van der Waals surface area contributed by atoms with Gasteiger partial charge in [0.1, 0.15) is 5.54 Å². The van der Waals surface area contributed by atoms with E-state index in [1.54, 1.807) is 39.0 Å². The first-order chi connectivity index (χ1) is 11.0. The predicted molar refractivity (Wildman–Crippen MR) is 87.0 cm³/mol. The number of carbonyl (C=O) groups excluding carboxylic acids is 1. The number of amides is 3. The van der Waals surface area contributed by atoms with Crippen molar-refractivity contribution in [1.82, 2.24) is 4.90 Å². The van der Waals surface area contributed by atoms with Crippen molar-refractivity contribution < 1.29 is 24.6 Å². The highest BCUT2D eigenvalue weighted by atomic mass is 16.4. The lowest BCUT2D eigenvalue weighted by atomic mass is 9.87. The molecule has 0 fully saturated rings. The van der Waals surface area contributed by atoms with E-state index in [0.29, 0.717) is 11.3 Å². The Morgan fingerprint density at radius 1 is 1.17 bits per heavy atom. The van der Waals surface area contributed by atoms with Gasteiger partial charge in [-0.2, -0.15) is 0 Å². The summed E-state index contributed by atoms with van der Waals surface area (Å²) in [7, 11) is 0. The molecule has 0 aromatic heterocycles. The summed E-state index contributed by atoms with van der Waals surface area (Å²) in [6.07, 6.45) is -2.15. The molecule has 8 heteroatoms. The van der Waals surface area contributed by atoms with E-state index in [1.807, 2.05) is 0 Å². The second-order valence-corrected chi connectivity index (χ2v) is 6.95. The number of nitrogens with one attached hydrogen (secondary N) is 1. The first-order valence-electron chi connectivity index (χ1n) is 7.42. The van der Waals surface area contributed by atoms with Gasteiger partial charge in [-0.25, -0.2) is 9.59 Å². The van der Waals surface area contributed by atoms with E-state index in [9.17, 15) is 19.5 Å². The fourth-order valence-electron chi connectivity index (χ4n) is 3.41. The van der Waals surface area contributed by atoms with E-state index >= 15 is 0 Å². The van der Waals surface area contributed by atoms with Gasteiger partial charge in [0.15, 0.2) is 0 Å². The van der Waals surface area contributed by atoms with Crippen molar-refractivity contribution >= 4 is 23.8 Å². The van der Waals surface area contributed by atoms with Crippen LogP contribution in [0.25, 0.3) is 0 Å². The SMILES string of the molecule is CC(C)(C)N(C(=O)O)C1(C(N)=O)Cc2ccc(NC(=O)O)cc2C1. The summed E-state index contributed by atoms with van der Waals surface area (Å²) in [6, 6.07) is 4.87. The van der Waals surface area contributed by atoms with Crippen molar-refractivity contribution in [1.29, 1.82) is 0 Å². The zero-order valence-corrected chi connectivity index (χ0v) is 13.8. The Labute approximate surface area is 139 Å². The monoisotopic (exact) mass is 335 g/mol. The molecule has 0 saturated carbocycles. The van der Waals surface area contributed by atoms with Gasteiger partial charge < -0.3 is 15.9 Å². The van der Waals surface area contributed by atoms with E-state index in [-0.39, 0.29) is 12.8 Å². The van der Waals surface area contributed by atoms with Crippen LogP contribution < -0.4 is 11.1 Å². The molecule has 24 heavy (non-hydrogen) atoms. The molecule has 0 aliphatic heterocycles. The molecule has 3 amide bonds. The number of hydrogen-bond donors (Lipinski definition) is 4. The highest BCUT2D eigenvalue weighted by Gasteiger charge is 2.53. The van der Waals surface area contributed by atoms with Crippen LogP contribution in [-0.4, -0.2) is 44.3 Å². The molecular formula is C16H21N3O5. The van der Waals surface area contributed by atoms with Gasteiger partial charge in [-0.05, 0) is 44.0 Å². The van der Waals surface area contributed by atoms with Crippen LogP contribution in [0.15, 0.2) is 18.2 Å². The number of carboxylic acid groups (broad SMARTS) is 2. The quantitative estimate of drug-likeness (QED) is 0.669. The molecule has 0 bridgehead atoms. The zero-order valence-electron chi connectivity index (χ0n) is 13.8. The number of carbonyl (C=O) groups is 3. The Hall–Kier alpha value is -2.77. The summed E-state index contributed by atoms with van der Waals surface area (Å²) in [5, 5.41) is 20.7. The molecule has 1 aliphatic rings. The number of nitrogens with zero attached hydrogens (tertiary/aromatic N) is 1. The second-order valence-electron chi connectivity index (χ2n) is 6.95. The van der Waals surface area contributed by atoms with Crippen LogP contribution in [-0.2, 0) is 17.6 Å². The number of hydrogen-bond acceptors (Lipinski definition) is 3. The number of primary amides is 1. The molecule has 0 saturated heterocycles. The largest absolute Gasteiger partial charge is 0.465 e. The third-order valence-corrected chi connectivity index (χ3v) is 4.17. The van der Waals surface area contributed by atoms with Crippen molar-refractivity contribution in [2.24, 2.45) is 5.73 Å². The first-order valence-corrected chi connectivity index (χ1v) is 7.42. The highest BCUT2D eigenvalue weighted by Crippen LogP contribution is 2.39. The Morgan fingerprint density at radius 2 is 1.75 bits per heavy atom. The standard InChI is InChI=1S/C16H21N3O5/c1-15(2,3)19(14(23)24)16(12(17)20)7-9-4-5-11(18-13(21)22)6-10(9)8-16/h4-6,18H,7-8H2,1-3H3,(H2,17,20)(H,21,22)(H,23,24). The van der Waals surface area contributed by atoms with Gasteiger partial charge in [0.25, 0.3) is 0 Å². The number of fused-ring (bicyclic) bond motifs is 1. The smallest absolute Gasteiger partial charge is 0.409 e. The maximum atomic E-state index is 12.3. The molecule has 1 aliphatic carbocycles. The van der Waals surface area contributed by atoms with Gasteiger partial charge in [-0.1, -0.05) is 6.07 Å². The van der Waals surface area contributed by atoms with Crippen LogP contribution in [0.5, 0.6) is 0 Å². The van der Waals surface area contributed by atoms with Gasteiger partial charge in [0.05, 0.1) is 0 Å². The lowest BCUT2D eigenvalue weighted by Gasteiger charge is -2.45. The van der Waals surface area contributed by atoms with Crippen molar-refractivity contribution in [2.45, 2.75) is 44.7 Å². The predicted octanol–water partition coefficient (Wildman–Crippen LogP) is 1.88. The summed E-state index contributed by atoms with van der Waals surface area (Å²) in [5.74, 6) is -0.719. The number of rotatable bonds is 3. The number of benzene rings is 1. The molecule has 130 valence electrons. The molecule has 1 aromatic carbocycles. The fraction of sp³-hybridized carbons (Fsp3) is 0.438. The van der Waals surface area contributed by atoms with Crippen LogP contribution in [0.3, 0.4) is 0 Å². The van der Waals surface area contributed by atoms with Crippen LogP contribution in [0.1, 0.15) is 31.9 Å². The molecule has 1 unspecified atom stereocenters. The topological polar surface area (TPSA) is 133 Å². The van der Waals surface area contributed by atoms with E-state index in [2.05, 4.69) is 5.32 Å². The van der Waals surface area contributed by atoms with E-state index < -0.39 is 29.2 Å². The molecule has 0 heterocycles. The average Bonchev–Trinajstić information content (AvgIpc) is 2.74. The minimum atomic E-state index is -1.39. The van der Waals surface area contributed by atoms with Gasteiger partial charge in [0, 0.05) is 24.1 Å². The van der Waals surface area contributed by atoms with Crippen LogP contribution >= 0.6 is 0 Å². The van der Waals surface area contributed by atoms with Crippen LogP contribution in [0, 0.1) is 0 Å². The molecular weight excluding hydrogens is 314 g/mol. The number of anilines is 1. The summed E-state index contributed by atoms with van der Waals surface area (Å²) >= 11 is 0. The van der Waals surface area contributed by atoms with Crippen LogP contribution in [0.2, 0.25) is 0 Å². The molecule has 0 radical (unpaired) electrons. The zero-order chi connectivity index (χ0) is 18.3. The third-order valence-electron chi connectivity index (χ3n) is 4.17. The maximum Gasteiger partial charge on any atom is 0.409 e. The van der Waals surface area contributed by atoms with Crippen molar-refractivity contribution in [3.8, 4) is 0 Å². The fourth-order valence-corrected chi connectivity index (χ4v) is 3.41. The summed E-state index contributed by atoms with van der Waals surface area (Å²) in [6.45, 7) is 5.10. The minimum Gasteiger partial charge on any atom is -0.465 e. The van der Waals surface area contributed by atoms with E-state index in [0.717, 1.165) is 10.5 Å². The Morgan fingerprint density at radius 3 is 2.21 bits per heavy atom. The van der Waals surface area contributed by atoms with Crippen molar-refractivity contribution in [3.63, 3.8) is 0 Å². The Bertz CT molecular complexity index is 710. The molecule has 5 N–H and O–H groups in total.